The van der Waals surface area contributed by atoms with E-state index in [9.17, 15) is 14.3 Å². The first-order valence-corrected chi connectivity index (χ1v) is 13.0. The maximum atomic E-state index is 15.6. The quantitative estimate of drug-likeness (QED) is 0.342. The number of alkyl halides is 1. The lowest BCUT2D eigenvalue weighted by atomic mass is 9.79. The summed E-state index contributed by atoms with van der Waals surface area (Å²) in [5.74, 6) is 5.44. The number of carboxylic acids is 1. The molecule has 1 N–H and O–H groups in total. The van der Waals surface area contributed by atoms with E-state index in [2.05, 4.69) is 21.7 Å². The third-order valence-electron chi connectivity index (χ3n) is 6.67. The predicted molar refractivity (Wildman–Crippen MR) is 138 cm³/mol. The Kier molecular flexibility index (Phi) is 8.78. The van der Waals surface area contributed by atoms with Crippen LogP contribution in [0.15, 0.2) is 35.8 Å². The van der Waals surface area contributed by atoms with Crippen molar-refractivity contribution in [3.63, 3.8) is 0 Å². The lowest BCUT2D eigenvalue weighted by Gasteiger charge is -2.37. The number of pyridine rings is 1. The fourth-order valence-electron chi connectivity index (χ4n) is 4.87. The van der Waals surface area contributed by atoms with E-state index in [-0.39, 0.29) is 35.5 Å². The molecule has 1 fully saturated rings. The summed E-state index contributed by atoms with van der Waals surface area (Å²) in [4.78, 5) is 18.6. The zero-order valence-electron chi connectivity index (χ0n) is 19.8. The Morgan fingerprint density at radius 1 is 1.39 bits per heavy atom. The lowest BCUT2D eigenvalue weighted by Crippen LogP contribution is -2.41. The molecule has 1 aliphatic heterocycles. The molecule has 2 aromatic heterocycles. The van der Waals surface area contributed by atoms with Crippen molar-refractivity contribution >= 4 is 39.8 Å². The average Bonchev–Trinajstić information content (AvgIpc) is 3.27. The Balaban J connectivity index is 1.42. The van der Waals surface area contributed by atoms with Gasteiger partial charge in [-0.3, -0.25) is 14.7 Å². The number of aromatic nitrogens is 1. The molecule has 190 valence electrons. The summed E-state index contributed by atoms with van der Waals surface area (Å²) in [5.41, 5.74) is 1.04. The first-order chi connectivity index (χ1) is 17.3. The maximum Gasteiger partial charge on any atom is 0.303 e. The Bertz CT molecular complexity index is 1290. The van der Waals surface area contributed by atoms with Crippen LogP contribution in [-0.2, 0) is 4.79 Å². The van der Waals surface area contributed by atoms with Crippen LogP contribution in [0.25, 0.3) is 10.9 Å². The Morgan fingerprint density at radius 2 is 2.22 bits per heavy atom. The number of carbonyl (C=O) groups is 1. The van der Waals surface area contributed by atoms with Crippen molar-refractivity contribution in [3.8, 4) is 17.6 Å². The lowest BCUT2D eigenvalue weighted by molar-refractivity contribution is -0.139. The SMILES string of the molecule is COc1ccc2ncc(Cl)c([C@H](F)CCC3CCN(CC#Cc4cc(F)cs4)CC3CC(=O)O)c2c1. The summed E-state index contributed by atoms with van der Waals surface area (Å²) in [5, 5.41) is 11.8. The van der Waals surface area contributed by atoms with Crippen LogP contribution in [0.3, 0.4) is 0 Å². The molecule has 3 aromatic rings. The molecule has 0 aliphatic carbocycles. The molecule has 0 saturated carbocycles. The summed E-state index contributed by atoms with van der Waals surface area (Å²) in [7, 11) is 1.55. The van der Waals surface area contributed by atoms with E-state index in [1.807, 2.05) is 0 Å². The van der Waals surface area contributed by atoms with E-state index in [0.717, 1.165) is 13.0 Å². The number of hydrogen-bond donors (Lipinski definition) is 1. The Morgan fingerprint density at radius 3 is 2.94 bits per heavy atom. The number of halogens is 3. The number of rotatable bonds is 8. The van der Waals surface area contributed by atoms with E-state index >= 15 is 4.39 Å². The van der Waals surface area contributed by atoms with Crippen LogP contribution in [0.4, 0.5) is 8.78 Å². The molecule has 0 amide bonds. The molecule has 4 rings (SSSR count). The minimum atomic E-state index is -1.31. The summed E-state index contributed by atoms with van der Waals surface area (Å²) < 4.78 is 34.0. The highest BCUT2D eigenvalue weighted by Crippen LogP contribution is 2.39. The molecular weight excluding hydrogens is 506 g/mol. The van der Waals surface area contributed by atoms with Gasteiger partial charge in [0.2, 0.25) is 0 Å². The standard InChI is InChI=1S/C27H27ClF2N2O3S/c1-35-20-5-7-25-22(13-20)27(23(28)14-31-25)24(30)6-4-17-8-10-32(15-18(17)11-26(33)34)9-2-3-21-12-19(29)16-36-21/h5,7,12-14,16-18,24H,4,6,8-11,15H2,1H3,(H,33,34)/t17?,18?,24-/m1/s1. The number of nitrogens with zero attached hydrogens (tertiary/aromatic N) is 2. The van der Waals surface area contributed by atoms with Crippen LogP contribution in [-0.4, -0.2) is 47.7 Å². The molecule has 36 heavy (non-hydrogen) atoms. The molecule has 2 unspecified atom stereocenters. The van der Waals surface area contributed by atoms with Crippen molar-refractivity contribution in [2.45, 2.75) is 31.9 Å². The second-order valence-corrected chi connectivity index (χ2v) is 10.3. The second-order valence-electron chi connectivity index (χ2n) is 9.02. The van der Waals surface area contributed by atoms with Crippen molar-refractivity contribution in [3.05, 3.63) is 57.1 Å². The third kappa shape index (κ3) is 6.52. The van der Waals surface area contributed by atoms with Crippen LogP contribution in [0.5, 0.6) is 5.75 Å². The second kappa shape index (κ2) is 12.0. The third-order valence-corrected chi connectivity index (χ3v) is 7.78. The first-order valence-electron chi connectivity index (χ1n) is 11.8. The van der Waals surface area contributed by atoms with Gasteiger partial charge in [-0.15, -0.1) is 11.3 Å². The largest absolute Gasteiger partial charge is 0.497 e. The van der Waals surface area contributed by atoms with Crippen molar-refractivity contribution in [2.24, 2.45) is 11.8 Å². The molecule has 0 bridgehead atoms. The van der Waals surface area contributed by atoms with Crippen LogP contribution < -0.4 is 4.74 Å². The van der Waals surface area contributed by atoms with Gasteiger partial charge >= 0.3 is 5.97 Å². The number of ether oxygens (including phenoxy) is 1. The van der Waals surface area contributed by atoms with Gasteiger partial charge < -0.3 is 9.84 Å². The molecule has 1 aliphatic rings. The monoisotopic (exact) mass is 532 g/mol. The van der Waals surface area contributed by atoms with E-state index in [1.54, 1.807) is 25.3 Å². The van der Waals surface area contributed by atoms with E-state index in [1.165, 1.54) is 29.0 Å². The first kappa shape index (κ1) is 26.3. The maximum absolute atomic E-state index is 15.6. The highest BCUT2D eigenvalue weighted by Gasteiger charge is 2.31. The smallest absolute Gasteiger partial charge is 0.303 e. The number of thiophene rings is 1. The zero-order valence-corrected chi connectivity index (χ0v) is 21.4. The van der Waals surface area contributed by atoms with Crippen molar-refractivity contribution in [1.82, 2.24) is 9.88 Å². The van der Waals surface area contributed by atoms with Crippen LogP contribution in [0, 0.1) is 29.5 Å². The molecule has 3 heterocycles. The fourth-order valence-corrected chi connectivity index (χ4v) is 5.76. The van der Waals surface area contributed by atoms with Gasteiger partial charge in [0.05, 0.1) is 29.1 Å². The Hall–Kier alpha value is -2.73. The molecule has 0 radical (unpaired) electrons. The summed E-state index contributed by atoms with van der Waals surface area (Å²) >= 11 is 7.62. The highest BCUT2D eigenvalue weighted by molar-refractivity contribution is 7.10. The van der Waals surface area contributed by atoms with Crippen molar-refractivity contribution in [2.75, 3.05) is 26.7 Å². The van der Waals surface area contributed by atoms with Gasteiger partial charge in [0.25, 0.3) is 0 Å². The summed E-state index contributed by atoms with van der Waals surface area (Å²) in [6, 6.07) is 6.69. The average molecular weight is 533 g/mol. The van der Waals surface area contributed by atoms with Crippen LogP contribution >= 0.6 is 22.9 Å². The van der Waals surface area contributed by atoms with Gasteiger partial charge in [-0.2, -0.15) is 0 Å². The number of piperidine rings is 1. The van der Waals surface area contributed by atoms with Crippen molar-refractivity contribution < 1.29 is 23.4 Å². The van der Waals surface area contributed by atoms with Crippen molar-refractivity contribution in [1.29, 1.82) is 0 Å². The van der Waals surface area contributed by atoms with E-state index in [0.29, 0.717) is 46.6 Å². The number of methoxy groups -OCH3 is 1. The Labute approximate surface area is 218 Å². The predicted octanol–water partition coefficient (Wildman–Crippen LogP) is 6.35. The number of hydrogen-bond acceptors (Lipinski definition) is 5. The molecule has 5 nitrogen and oxygen atoms in total. The summed E-state index contributed by atoms with van der Waals surface area (Å²) in [6.07, 6.45) is 1.74. The zero-order chi connectivity index (χ0) is 25.7. The molecule has 3 atom stereocenters. The normalized spacial score (nSPS) is 19.0. The van der Waals surface area contributed by atoms with Crippen LogP contribution in [0.2, 0.25) is 5.02 Å². The number of aliphatic carboxylic acids is 1. The number of benzene rings is 1. The number of carboxylic acid groups (broad SMARTS) is 1. The molecule has 1 aromatic carbocycles. The van der Waals surface area contributed by atoms with Gasteiger partial charge in [0.1, 0.15) is 17.7 Å². The molecular formula is C27H27ClF2N2O3S. The summed E-state index contributed by atoms with van der Waals surface area (Å²) in [6.45, 7) is 1.81. The van der Waals surface area contributed by atoms with Gasteiger partial charge in [-0.25, -0.2) is 8.78 Å². The molecule has 0 spiro atoms. The van der Waals surface area contributed by atoms with Gasteiger partial charge in [0, 0.05) is 41.6 Å². The van der Waals surface area contributed by atoms with E-state index < -0.39 is 12.1 Å². The van der Waals surface area contributed by atoms with Gasteiger partial charge in [0.15, 0.2) is 0 Å². The van der Waals surface area contributed by atoms with Crippen LogP contribution in [0.1, 0.15) is 42.3 Å². The van der Waals surface area contributed by atoms with Gasteiger partial charge in [-0.1, -0.05) is 23.4 Å². The molecule has 1 saturated heterocycles. The fraction of sp³-hybridized carbons (Fsp3) is 0.407. The highest BCUT2D eigenvalue weighted by atomic mass is 35.5. The number of fused-ring (bicyclic) bond motifs is 1. The number of likely N-dealkylation sites (tertiary alicyclic amines) is 1. The molecule has 9 heteroatoms. The minimum absolute atomic E-state index is 0.0256. The van der Waals surface area contributed by atoms with Gasteiger partial charge in [-0.05, 0) is 55.8 Å². The minimum Gasteiger partial charge on any atom is -0.497 e. The topological polar surface area (TPSA) is 62.7 Å². The van der Waals surface area contributed by atoms with E-state index in [4.69, 9.17) is 16.3 Å².